The number of nitrogens with zero attached hydrogens (tertiary/aromatic N) is 3. The van der Waals surface area contributed by atoms with Crippen LogP contribution in [0.15, 0.2) is 18.2 Å². The zero-order chi connectivity index (χ0) is 12.4. The van der Waals surface area contributed by atoms with Gasteiger partial charge in [0.2, 0.25) is 0 Å². The van der Waals surface area contributed by atoms with Gasteiger partial charge in [0.25, 0.3) is 0 Å². The van der Waals surface area contributed by atoms with E-state index in [2.05, 4.69) is 10.2 Å². The lowest BCUT2D eigenvalue weighted by atomic mass is 10.2. The molecule has 2 aromatic rings. The van der Waals surface area contributed by atoms with Gasteiger partial charge in [0, 0.05) is 7.05 Å². The van der Waals surface area contributed by atoms with Crippen LogP contribution in [0.25, 0.3) is 0 Å². The van der Waals surface area contributed by atoms with Crippen molar-refractivity contribution in [3.05, 3.63) is 35.4 Å². The molecule has 0 saturated heterocycles. The first-order chi connectivity index (χ1) is 8.09. The summed E-state index contributed by atoms with van der Waals surface area (Å²) in [5.74, 6) is 2.36. The fourth-order valence-electron chi connectivity index (χ4n) is 1.59. The van der Waals surface area contributed by atoms with Crippen LogP contribution in [0.3, 0.4) is 0 Å². The number of benzene rings is 1. The smallest absolute Gasteiger partial charge is 0.170 e. The Morgan fingerprint density at radius 2 is 2.06 bits per heavy atom. The molecular weight excluding hydrogens is 216 g/mol. The maximum absolute atomic E-state index is 5.86. The first-order valence-corrected chi connectivity index (χ1v) is 5.42. The van der Waals surface area contributed by atoms with Gasteiger partial charge >= 0.3 is 0 Å². The number of nitrogens with two attached hydrogens (primary N) is 1. The highest BCUT2D eigenvalue weighted by molar-refractivity contribution is 5.56. The van der Waals surface area contributed by atoms with E-state index in [1.165, 1.54) is 0 Å². The van der Waals surface area contributed by atoms with Gasteiger partial charge in [-0.25, -0.2) is 0 Å². The molecule has 0 amide bonds. The van der Waals surface area contributed by atoms with Gasteiger partial charge < -0.3 is 15.0 Å². The number of nitrogen functional groups attached to an aromatic ring is 1. The van der Waals surface area contributed by atoms with Crippen LogP contribution < -0.4 is 10.5 Å². The average Bonchev–Trinajstić information content (AvgIpc) is 2.60. The molecular formula is C12H16N4O. The van der Waals surface area contributed by atoms with Crippen molar-refractivity contribution in [2.24, 2.45) is 7.05 Å². The summed E-state index contributed by atoms with van der Waals surface area (Å²) in [6, 6.07) is 5.70. The van der Waals surface area contributed by atoms with Crippen LogP contribution in [0.5, 0.6) is 5.75 Å². The lowest BCUT2D eigenvalue weighted by Crippen LogP contribution is -2.06. The third-order valence-electron chi connectivity index (χ3n) is 2.77. The Morgan fingerprint density at radius 1 is 1.29 bits per heavy atom. The van der Waals surface area contributed by atoms with E-state index in [-0.39, 0.29) is 0 Å². The Hall–Kier alpha value is -2.04. The summed E-state index contributed by atoms with van der Waals surface area (Å²) in [5, 5.41) is 8.01. The Balaban J connectivity index is 2.15. The first kappa shape index (κ1) is 11.4. The van der Waals surface area contributed by atoms with Gasteiger partial charge in [-0.3, -0.25) is 0 Å². The molecule has 0 aliphatic rings. The van der Waals surface area contributed by atoms with E-state index in [1.54, 1.807) is 0 Å². The van der Waals surface area contributed by atoms with Crippen molar-refractivity contribution >= 4 is 5.69 Å². The fourth-order valence-corrected chi connectivity index (χ4v) is 1.59. The van der Waals surface area contributed by atoms with E-state index < -0.39 is 0 Å². The van der Waals surface area contributed by atoms with Crippen molar-refractivity contribution in [1.29, 1.82) is 0 Å². The SMILES string of the molecule is Cc1cccc(N)c1OCc1nnc(C)n1C. The molecule has 0 atom stereocenters. The molecule has 17 heavy (non-hydrogen) atoms. The molecule has 0 saturated carbocycles. The summed E-state index contributed by atoms with van der Waals surface area (Å²) < 4.78 is 7.60. The normalized spacial score (nSPS) is 10.5. The molecule has 0 radical (unpaired) electrons. The van der Waals surface area contributed by atoms with E-state index in [0.717, 1.165) is 17.2 Å². The van der Waals surface area contributed by atoms with E-state index in [4.69, 9.17) is 10.5 Å². The molecule has 1 aromatic heterocycles. The largest absolute Gasteiger partial charge is 0.483 e. The second-order valence-electron chi connectivity index (χ2n) is 4.00. The Morgan fingerprint density at radius 3 is 2.65 bits per heavy atom. The van der Waals surface area contributed by atoms with Crippen LogP contribution in [0.4, 0.5) is 5.69 Å². The minimum absolute atomic E-state index is 0.367. The van der Waals surface area contributed by atoms with Gasteiger partial charge in [-0.1, -0.05) is 12.1 Å². The van der Waals surface area contributed by atoms with E-state index in [9.17, 15) is 0 Å². The van der Waals surface area contributed by atoms with Crippen molar-refractivity contribution in [2.75, 3.05) is 5.73 Å². The van der Waals surface area contributed by atoms with Crippen molar-refractivity contribution in [3.8, 4) is 5.75 Å². The quantitative estimate of drug-likeness (QED) is 0.816. The number of aromatic nitrogens is 3. The van der Waals surface area contributed by atoms with E-state index >= 15 is 0 Å². The molecule has 5 nitrogen and oxygen atoms in total. The third-order valence-corrected chi connectivity index (χ3v) is 2.77. The maximum atomic E-state index is 5.86. The van der Waals surface area contributed by atoms with Crippen LogP contribution in [-0.4, -0.2) is 14.8 Å². The van der Waals surface area contributed by atoms with E-state index in [0.29, 0.717) is 18.0 Å². The molecule has 0 bridgehead atoms. The van der Waals surface area contributed by atoms with Gasteiger partial charge in [0.15, 0.2) is 5.82 Å². The van der Waals surface area contributed by atoms with Crippen molar-refractivity contribution in [1.82, 2.24) is 14.8 Å². The molecule has 0 aliphatic heterocycles. The molecule has 0 aliphatic carbocycles. The summed E-state index contributed by atoms with van der Waals surface area (Å²) in [6.07, 6.45) is 0. The highest BCUT2D eigenvalue weighted by Gasteiger charge is 2.08. The standard InChI is InChI=1S/C12H16N4O/c1-8-5-4-6-10(13)12(8)17-7-11-15-14-9(2)16(11)3/h4-6H,7,13H2,1-3H3. The summed E-state index contributed by atoms with van der Waals surface area (Å²) in [4.78, 5) is 0. The number of hydrogen-bond donors (Lipinski definition) is 1. The van der Waals surface area contributed by atoms with Crippen molar-refractivity contribution in [2.45, 2.75) is 20.5 Å². The predicted octanol–water partition coefficient (Wildman–Crippen LogP) is 1.59. The Kier molecular flexibility index (Phi) is 2.99. The van der Waals surface area contributed by atoms with Crippen LogP contribution in [-0.2, 0) is 13.7 Å². The molecule has 90 valence electrons. The van der Waals surface area contributed by atoms with Gasteiger partial charge in [-0.15, -0.1) is 10.2 Å². The lowest BCUT2D eigenvalue weighted by molar-refractivity contribution is 0.290. The minimum Gasteiger partial charge on any atom is -0.483 e. The monoisotopic (exact) mass is 232 g/mol. The lowest BCUT2D eigenvalue weighted by Gasteiger charge is -2.11. The summed E-state index contributed by atoms with van der Waals surface area (Å²) in [5.41, 5.74) is 7.52. The van der Waals surface area contributed by atoms with Crippen LogP contribution >= 0.6 is 0 Å². The highest BCUT2D eigenvalue weighted by atomic mass is 16.5. The fraction of sp³-hybridized carbons (Fsp3) is 0.333. The zero-order valence-corrected chi connectivity index (χ0v) is 10.3. The maximum Gasteiger partial charge on any atom is 0.170 e. The Labute approximate surface area is 100 Å². The minimum atomic E-state index is 0.367. The number of para-hydroxylation sites is 1. The molecule has 1 aromatic carbocycles. The predicted molar refractivity (Wildman–Crippen MR) is 65.7 cm³/mol. The molecule has 0 spiro atoms. The second-order valence-corrected chi connectivity index (χ2v) is 4.00. The first-order valence-electron chi connectivity index (χ1n) is 5.42. The van der Waals surface area contributed by atoms with Gasteiger partial charge in [0.1, 0.15) is 18.2 Å². The molecule has 5 heteroatoms. The number of rotatable bonds is 3. The molecule has 0 unspecified atom stereocenters. The summed E-state index contributed by atoms with van der Waals surface area (Å²) >= 11 is 0. The van der Waals surface area contributed by atoms with Gasteiger partial charge in [-0.2, -0.15) is 0 Å². The summed E-state index contributed by atoms with van der Waals surface area (Å²) in [7, 11) is 1.91. The molecule has 2 rings (SSSR count). The van der Waals surface area contributed by atoms with Crippen LogP contribution in [0.2, 0.25) is 0 Å². The number of anilines is 1. The number of ether oxygens (including phenoxy) is 1. The van der Waals surface area contributed by atoms with Crippen LogP contribution in [0, 0.1) is 13.8 Å². The average molecular weight is 232 g/mol. The number of hydrogen-bond acceptors (Lipinski definition) is 4. The van der Waals surface area contributed by atoms with Crippen LogP contribution in [0.1, 0.15) is 17.2 Å². The number of aryl methyl sites for hydroxylation is 2. The van der Waals surface area contributed by atoms with Gasteiger partial charge in [-0.05, 0) is 25.5 Å². The topological polar surface area (TPSA) is 66.0 Å². The molecule has 0 fully saturated rings. The van der Waals surface area contributed by atoms with E-state index in [1.807, 2.05) is 43.7 Å². The third kappa shape index (κ3) is 2.22. The molecule has 1 heterocycles. The highest BCUT2D eigenvalue weighted by Crippen LogP contribution is 2.26. The van der Waals surface area contributed by atoms with Crippen molar-refractivity contribution < 1.29 is 4.74 Å². The summed E-state index contributed by atoms with van der Waals surface area (Å²) in [6.45, 7) is 4.23. The molecule has 2 N–H and O–H groups in total. The van der Waals surface area contributed by atoms with Gasteiger partial charge in [0.05, 0.1) is 5.69 Å². The zero-order valence-electron chi connectivity index (χ0n) is 10.3. The Bertz CT molecular complexity index is 513. The van der Waals surface area contributed by atoms with Crippen molar-refractivity contribution in [3.63, 3.8) is 0 Å². The second kappa shape index (κ2) is 4.45.